The summed E-state index contributed by atoms with van der Waals surface area (Å²) in [5, 5.41) is 17.5. The second-order valence-corrected chi connectivity index (χ2v) is 4.14. The van der Waals surface area contributed by atoms with E-state index in [4.69, 9.17) is 10.4 Å². The number of hydrogen-bond acceptors (Lipinski definition) is 3. The molecule has 0 radical (unpaired) electrons. The molecule has 1 aromatic carbocycles. The first-order valence-corrected chi connectivity index (χ1v) is 5.63. The molecule has 1 rings (SSSR count). The summed E-state index contributed by atoms with van der Waals surface area (Å²) in [4.78, 5) is 1.85. The summed E-state index contributed by atoms with van der Waals surface area (Å²) < 4.78 is 13.8. The van der Waals surface area contributed by atoms with Gasteiger partial charge in [-0.05, 0) is 31.5 Å². The van der Waals surface area contributed by atoms with Gasteiger partial charge < -0.3 is 10.0 Å². The van der Waals surface area contributed by atoms with Gasteiger partial charge in [0.1, 0.15) is 5.82 Å². The van der Waals surface area contributed by atoms with Crippen molar-refractivity contribution >= 4 is 5.69 Å². The van der Waals surface area contributed by atoms with Crippen LogP contribution < -0.4 is 4.90 Å². The molecule has 0 spiro atoms. The van der Waals surface area contributed by atoms with Crippen LogP contribution in [0.4, 0.5) is 10.1 Å². The van der Waals surface area contributed by atoms with Crippen molar-refractivity contribution in [2.75, 3.05) is 11.4 Å². The maximum absolute atomic E-state index is 13.8. The molecule has 1 aromatic rings. The summed E-state index contributed by atoms with van der Waals surface area (Å²) in [7, 11) is 0. The van der Waals surface area contributed by atoms with Crippen molar-refractivity contribution in [2.24, 2.45) is 0 Å². The zero-order chi connectivity index (χ0) is 12.8. The standard InChI is InChI=1S/C13H17FN2O/c1-10(2)16(7-3-6-15)13-5-4-11(9-17)8-12(13)14/h4-5,8,10,17H,3,7,9H2,1-2H3. The first-order chi connectivity index (χ1) is 8.10. The molecule has 0 bridgehead atoms. The van der Waals surface area contributed by atoms with Crippen LogP contribution in [0.3, 0.4) is 0 Å². The Hall–Kier alpha value is -1.60. The van der Waals surface area contributed by atoms with Gasteiger partial charge in [0.05, 0.1) is 24.8 Å². The van der Waals surface area contributed by atoms with Gasteiger partial charge in [0.15, 0.2) is 0 Å². The lowest BCUT2D eigenvalue weighted by Crippen LogP contribution is -2.32. The number of nitriles is 1. The molecule has 0 unspecified atom stereocenters. The minimum Gasteiger partial charge on any atom is -0.392 e. The number of benzene rings is 1. The number of anilines is 1. The smallest absolute Gasteiger partial charge is 0.146 e. The van der Waals surface area contributed by atoms with Gasteiger partial charge in [-0.25, -0.2) is 4.39 Å². The predicted molar refractivity (Wildman–Crippen MR) is 65.0 cm³/mol. The SMILES string of the molecule is CC(C)N(CCC#N)c1ccc(CO)cc1F. The Morgan fingerprint density at radius 1 is 1.47 bits per heavy atom. The molecular weight excluding hydrogens is 219 g/mol. The van der Waals surface area contributed by atoms with Crippen molar-refractivity contribution in [3.05, 3.63) is 29.6 Å². The number of hydrogen-bond donors (Lipinski definition) is 1. The van der Waals surface area contributed by atoms with Gasteiger partial charge in [-0.3, -0.25) is 0 Å². The number of nitrogens with zero attached hydrogens (tertiary/aromatic N) is 2. The fourth-order valence-electron chi connectivity index (χ4n) is 1.71. The lowest BCUT2D eigenvalue weighted by atomic mass is 10.1. The van der Waals surface area contributed by atoms with Crippen LogP contribution in [0.15, 0.2) is 18.2 Å². The zero-order valence-electron chi connectivity index (χ0n) is 10.2. The number of aliphatic hydroxyl groups excluding tert-OH is 1. The lowest BCUT2D eigenvalue weighted by Gasteiger charge is -2.28. The van der Waals surface area contributed by atoms with Crippen molar-refractivity contribution in [1.29, 1.82) is 5.26 Å². The van der Waals surface area contributed by atoms with Crippen LogP contribution in [0.1, 0.15) is 25.8 Å². The van der Waals surface area contributed by atoms with Crippen molar-refractivity contribution in [3.63, 3.8) is 0 Å². The van der Waals surface area contributed by atoms with Crippen LogP contribution >= 0.6 is 0 Å². The van der Waals surface area contributed by atoms with Crippen LogP contribution in [0.2, 0.25) is 0 Å². The summed E-state index contributed by atoms with van der Waals surface area (Å²) >= 11 is 0. The summed E-state index contributed by atoms with van der Waals surface area (Å²) in [6.45, 7) is 4.24. The minimum absolute atomic E-state index is 0.123. The first kappa shape index (κ1) is 13.5. The lowest BCUT2D eigenvalue weighted by molar-refractivity contribution is 0.281. The van der Waals surface area contributed by atoms with Crippen LogP contribution in [-0.2, 0) is 6.61 Å². The molecule has 0 aliphatic carbocycles. The van der Waals surface area contributed by atoms with Gasteiger partial charge in [0, 0.05) is 12.6 Å². The maximum atomic E-state index is 13.8. The molecule has 0 heterocycles. The summed E-state index contributed by atoms with van der Waals surface area (Å²) in [5.41, 5.74) is 1.03. The first-order valence-electron chi connectivity index (χ1n) is 5.63. The zero-order valence-corrected chi connectivity index (χ0v) is 10.2. The minimum atomic E-state index is -0.358. The number of aliphatic hydroxyl groups is 1. The molecule has 0 atom stereocenters. The van der Waals surface area contributed by atoms with Crippen LogP contribution in [0.5, 0.6) is 0 Å². The molecule has 0 saturated carbocycles. The van der Waals surface area contributed by atoms with Crippen LogP contribution in [-0.4, -0.2) is 17.7 Å². The second kappa shape index (κ2) is 6.21. The molecule has 0 saturated heterocycles. The third kappa shape index (κ3) is 3.43. The quantitative estimate of drug-likeness (QED) is 0.854. The van der Waals surface area contributed by atoms with E-state index < -0.39 is 0 Å². The summed E-state index contributed by atoms with van der Waals surface area (Å²) in [5.74, 6) is -0.358. The molecule has 4 heteroatoms. The predicted octanol–water partition coefficient (Wildman–Crippen LogP) is 2.45. The molecule has 0 fully saturated rings. The van der Waals surface area contributed by atoms with E-state index in [9.17, 15) is 4.39 Å². The van der Waals surface area contributed by atoms with E-state index in [1.54, 1.807) is 12.1 Å². The topological polar surface area (TPSA) is 47.3 Å². The highest BCUT2D eigenvalue weighted by Gasteiger charge is 2.14. The van der Waals surface area contributed by atoms with Crippen LogP contribution in [0, 0.1) is 17.1 Å². The highest BCUT2D eigenvalue weighted by atomic mass is 19.1. The average Bonchev–Trinajstić information content (AvgIpc) is 2.30. The largest absolute Gasteiger partial charge is 0.392 e. The Bertz CT molecular complexity index is 412. The van der Waals surface area contributed by atoms with E-state index in [0.717, 1.165) is 0 Å². The van der Waals surface area contributed by atoms with E-state index in [0.29, 0.717) is 24.2 Å². The third-order valence-corrected chi connectivity index (χ3v) is 2.59. The molecule has 3 nitrogen and oxygen atoms in total. The average molecular weight is 236 g/mol. The Balaban J connectivity index is 2.98. The molecule has 0 aromatic heterocycles. The number of rotatable bonds is 5. The van der Waals surface area contributed by atoms with Gasteiger partial charge in [-0.15, -0.1) is 0 Å². The maximum Gasteiger partial charge on any atom is 0.146 e. The van der Waals surface area contributed by atoms with Crippen molar-refractivity contribution < 1.29 is 9.50 Å². The van der Waals surface area contributed by atoms with Gasteiger partial charge in [0.25, 0.3) is 0 Å². The molecule has 17 heavy (non-hydrogen) atoms. The Morgan fingerprint density at radius 3 is 2.65 bits per heavy atom. The summed E-state index contributed by atoms with van der Waals surface area (Å²) in [6.07, 6.45) is 0.360. The second-order valence-electron chi connectivity index (χ2n) is 4.14. The summed E-state index contributed by atoms with van der Waals surface area (Å²) in [6, 6.07) is 6.86. The van der Waals surface area contributed by atoms with E-state index in [1.807, 2.05) is 18.7 Å². The molecular formula is C13H17FN2O. The Morgan fingerprint density at radius 2 is 2.18 bits per heavy atom. The molecule has 0 aliphatic heterocycles. The highest BCUT2D eigenvalue weighted by molar-refractivity contribution is 5.50. The third-order valence-electron chi connectivity index (χ3n) is 2.59. The van der Waals surface area contributed by atoms with Gasteiger partial charge in [-0.2, -0.15) is 5.26 Å². The van der Waals surface area contributed by atoms with Gasteiger partial charge in [0.2, 0.25) is 0 Å². The van der Waals surface area contributed by atoms with Crippen molar-refractivity contribution in [3.8, 4) is 6.07 Å². The Labute approximate surface area is 101 Å². The van der Waals surface area contributed by atoms with E-state index in [-0.39, 0.29) is 18.5 Å². The normalized spacial score (nSPS) is 10.4. The number of halogens is 1. The van der Waals surface area contributed by atoms with Crippen molar-refractivity contribution in [2.45, 2.75) is 32.9 Å². The van der Waals surface area contributed by atoms with E-state index >= 15 is 0 Å². The molecule has 0 amide bonds. The highest BCUT2D eigenvalue weighted by Crippen LogP contribution is 2.22. The molecule has 92 valence electrons. The van der Waals surface area contributed by atoms with Crippen molar-refractivity contribution in [1.82, 2.24) is 0 Å². The molecule has 1 N–H and O–H groups in total. The van der Waals surface area contributed by atoms with E-state index in [2.05, 4.69) is 6.07 Å². The van der Waals surface area contributed by atoms with E-state index in [1.165, 1.54) is 6.07 Å². The van der Waals surface area contributed by atoms with Gasteiger partial charge >= 0.3 is 0 Å². The fourth-order valence-corrected chi connectivity index (χ4v) is 1.71. The molecule has 0 aliphatic rings. The Kier molecular flexibility index (Phi) is 4.92. The monoisotopic (exact) mass is 236 g/mol. The van der Waals surface area contributed by atoms with Crippen LogP contribution in [0.25, 0.3) is 0 Å². The van der Waals surface area contributed by atoms with Gasteiger partial charge in [-0.1, -0.05) is 6.07 Å². The fraction of sp³-hybridized carbons (Fsp3) is 0.462.